The molecule has 1 aromatic carbocycles. The van der Waals surface area contributed by atoms with Gasteiger partial charge in [-0.25, -0.2) is 0 Å². The average Bonchev–Trinajstić information content (AvgIpc) is 2.47. The van der Waals surface area contributed by atoms with Crippen LogP contribution >= 0.6 is 15.9 Å². The van der Waals surface area contributed by atoms with Crippen molar-refractivity contribution >= 4 is 15.9 Å². The molecule has 4 heteroatoms. The minimum absolute atomic E-state index is 0.489. The van der Waals surface area contributed by atoms with Crippen molar-refractivity contribution in [1.82, 2.24) is 10.3 Å². The molecule has 0 radical (unpaired) electrons. The van der Waals surface area contributed by atoms with E-state index in [0.717, 1.165) is 41.1 Å². The van der Waals surface area contributed by atoms with Crippen molar-refractivity contribution in [3.63, 3.8) is 0 Å². The Morgan fingerprint density at radius 2 is 1.85 bits per heavy atom. The molecule has 0 amide bonds. The maximum atomic E-state index is 5.72. The zero-order valence-electron chi connectivity index (χ0n) is 11.6. The second-order valence-corrected chi connectivity index (χ2v) is 5.46. The number of halogens is 1. The summed E-state index contributed by atoms with van der Waals surface area (Å²) < 4.78 is 6.77. The smallest absolute Gasteiger partial charge is 0.130 e. The Morgan fingerprint density at radius 1 is 1.10 bits per heavy atom. The molecule has 0 saturated carbocycles. The molecular formula is C16H19BrN2O. The van der Waals surface area contributed by atoms with E-state index >= 15 is 0 Å². The first-order valence-corrected chi connectivity index (χ1v) is 7.61. The number of aromatic nitrogens is 1. The summed E-state index contributed by atoms with van der Waals surface area (Å²) in [4.78, 5) is 4.58. The largest absolute Gasteiger partial charge is 0.487 e. The summed E-state index contributed by atoms with van der Waals surface area (Å²) in [5.41, 5.74) is 2.00. The van der Waals surface area contributed by atoms with E-state index in [1.807, 2.05) is 42.5 Å². The maximum Gasteiger partial charge on any atom is 0.130 e. The number of ether oxygens (including phenoxy) is 1. The molecule has 106 valence electrons. The SMILES string of the molecule is CCCNCc1cccc(COc2ccc(Br)cc2)n1. The first-order chi connectivity index (χ1) is 9.78. The Kier molecular flexibility index (Phi) is 6.02. The van der Waals surface area contributed by atoms with Gasteiger partial charge in [-0.15, -0.1) is 0 Å². The fourth-order valence-corrected chi connectivity index (χ4v) is 2.05. The van der Waals surface area contributed by atoms with Gasteiger partial charge in [-0.1, -0.05) is 28.9 Å². The van der Waals surface area contributed by atoms with Crippen molar-refractivity contribution in [3.05, 3.63) is 58.3 Å². The topological polar surface area (TPSA) is 34.1 Å². The second kappa shape index (κ2) is 8.02. The summed E-state index contributed by atoms with van der Waals surface area (Å²) >= 11 is 3.41. The van der Waals surface area contributed by atoms with Gasteiger partial charge in [0.15, 0.2) is 0 Å². The number of hydrogen-bond donors (Lipinski definition) is 1. The van der Waals surface area contributed by atoms with Crippen LogP contribution in [0.4, 0.5) is 0 Å². The van der Waals surface area contributed by atoms with Gasteiger partial charge in [0.2, 0.25) is 0 Å². The van der Waals surface area contributed by atoms with E-state index in [-0.39, 0.29) is 0 Å². The summed E-state index contributed by atoms with van der Waals surface area (Å²) in [5, 5.41) is 3.35. The molecule has 0 aliphatic rings. The van der Waals surface area contributed by atoms with Gasteiger partial charge in [-0.3, -0.25) is 4.98 Å². The molecule has 0 bridgehead atoms. The van der Waals surface area contributed by atoms with Crippen LogP contribution in [0.1, 0.15) is 24.7 Å². The second-order valence-electron chi connectivity index (χ2n) is 4.54. The van der Waals surface area contributed by atoms with E-state index in [2.05, 4.69) is 33.2 Å². The summed E-state index contributed by atoms with van der Waals surface area (Å²) in [6.07, 6.45) is 1.13. The van der Waals surface area contributed by atoms with Gasteiger partial charge < -0.3 is 10.1 Å². The van der Waals surface area contributed by atoms with Gasteiger partial charge in [0, 0.05) is 11.0 Å². The lowest BCUT2D eigenvalue weighted by Crippen LogP contribution is -2.15. The number of pyridine rings is 1. The van der Waals surface area contributed by atoms with Crippen molar-refractivity contribution in [1.29, 1.82) is 0 Å². The number of nitrogens with zero attached hydrogens (tertiary/aromatic N) is 1. The number of rotatable bonds is 7. The minimum Gasteiger partial charge on any atom is -0.487 e. The van der Waals surface area contributed by atoms with Gasteiger partial charge in [0.05, 0.1) is 11.4 Å². The average molecular weight is 335 g/mol. The van der Waals surface area contributed by atoms with Crippen LogP contribution in [0.25, 0.3) is 0 Å². The van der Waals surface area contributed by atoms with Crippen molar-refractivity contribution < 1.29 is 4.74 Å². The zero-order chi connectivity index (χ0) is 14.2. The van der Waals surface area contributed by atoms with Crippen LogP contribution in [0.5, 0.6) is 5.75 Å². The molecule has 0 atom stereocenters. The number of benzene rings is 1. The highest BCUT2D eigenvalue weighted by Gasteiger charge is 2.00. The Bertz CT molecular complexity index is 528. The molecule has 2 rings (SSSR count). The van der Waals surface area contributed by atoms with Crippen molar-refractivity contribution in [3.8, 4) is 5.75 Å². The summed E-state index contributed by atoms with van der Waals surface area (Å²) in [6, 6.07) is 13.9. The summed E-state index contributed by atoms with van der Waals surface area (Å²) in [7, 11) is 0. The normalized spacial score (nSPS) is 10.5. The molecule has 0 aliphatic heterocycles. The van der Waals surface area contributed by atoms with E-state index in [9.17, 15) is 0 Å². The van der Waals surface area contributed by atoms with E-state index < -0.39 is 0 Å². The fraction of sp³-hybridized carbons (Fsp3) is 0.312. The molecular weight excluding hydrogens is 316 g/mol. The molecule has 3 nitrogen and oxygen atoms in total. The highest BCUT2D eigenvalue weighted by molar-refractivity contribution is 9.10. The molecule has 0 unspecified atom stereocenters. The van der Waals surface area contributed by atoms with Crippen LogP contribution < -0.4 is 10.1 Å². The Labute approximate surface area is 128 Å². The van der Waals surface area contributed by atoms with Gasteiger partial charge in [0.25, 0.3) is 0 Å². The minimum atomic E-state index is 0.489. The van der Waals surface area contributed by atoms with Crippen LogP contribution in [0.2, 0.25) is 0 Å². The first kappa shape index (κ1) is 15.0. The third-order valence-electron chi connectivity index (χ3n) is 2.80. The van der Waals surface area contributed by atoms with E-state index in [0.29, 0.717) is 6.61 Å². The van der Waals surface area contributed by atoms with Gasteiger partial charge in [-0.2, -0.15) is 0 Å². The van der Waals surface area contributed by atoms with Gasteiger partial charge in [0.1, 0.15) is 12.4 Å². The number of hydrogen-bond acceptors (Lipinski definition) is 3. The molecule has 0 spiro atoms. The summed E-state index contributed by atoms with van der Waals surface area (Å²) in [5.74, 6) is 0.851. The predicted octanol–water partition coefficient (Wildman–Crippen LogP) is 3.92. The fourth-order valence-electron chi connectivity index (χ4n) is 1.79. The third-order valence-corrected chi connectivity index (χ3v) is 3.33. The quantitative estimate of drug-likeness (QED) is 0.779. The van der Waals surface area contributed by atoms with E-state index in [1.165, 1.54) is 0 Å². The lowest BCUT2D eigenvalue weighted by molar-refractivity contribution is 0.301. The highest BCUT2D eigenvalue weighted by Crippen LogP contribution is 2.17. The molecule has 0 aliphatic carbocycles. The van der Waals surface area contributed by atoms with Crippen molar-refractivity contribution in [2.24, 2.45) is 0 Å². The Balaban J connectivity index is 1.89. The molecule has 0 fully saturated rings. The maximum absolute atomic E-state index is 5.72. The van der Waals surface area contributed by atoms with Crippen molar-refractivity contribution in [2.75, 3.05) is 6.54 Å². The molecule has 2 aromatic rings. The standard InChI is InChI=1S/C16H19BrN2O/c1-2-10-18-11-14-4-3-5-15(19-14)12-20-16-8-6-13(17)7-9-16/h3-9,18H,2,10-12H2,1H3. The van der Waals surface area contributed by atoms with Crippen LogP contribution in [0, 0.1) is 0 Å². The van der Waals surface area contributed by atoms with Gasteiger partial charge in [-0.05, 0) is 49.4 Å². The lowest BCUT2D eigenvalue weighted by Gasteiger charge is -2.08. The van der Waals surface area contributed by atoms with Crippen LogP contribution in [0.15, 0.2) is 46.9 Å². The lowest BCUT2D eigenvalue weighted by atomic mass is 10.3. The molecule has 1 aromatic heterocycles. The molecule has 20 heavy (non-hydrogen) atoms. The number of nitrogens with one attached hydrogen (secondary N) is 1. The molecule has 1 heterocycles. The monoisotopic (exact) mass is 334 g/mol. The van der Waals surface area contributed by atoms with E-state index in [1.54, 1.807) is 0 Å². The van der Waals surface area contributed by atoms with Crippen LogP contribution in [-0.4, -0.2) is 11.5 Å². The first-order valence-electron chi connectivity index (χ1n) is 6.82. The Morgan fingerprint density at radius 3 is 2.60 bits per heavy atom. The third kappa shape index (κ3) is 4.94. The summed E-state index contributed by atoms with van der Waals surface area (Å²) in [6.45, 7) is 4.47. The highest BCUT2D eigenvalue weighted by atomic mass is 79.9. The van der Waals surface area contributed by atoms with Gasteiger partial charge >= 0.3 is 0 Å². The van der Waals surface area contributed by atoms with Crippen LogP contribution in [0.3, 0.4) is 0 Å². The molecule has 0 saturated heterocycles. The zero-order valence-corrected chi connectivity index (χ0v) is 13.2. The Hall–Kier alpha value is -1.39. The van der Waals surface area contributed by atoms with Crippen LogP contribution in [-0.2, 0) is 13.2 Å². The van der Waals surface area contributed by atoms with Crippen molar-refractivity contribution in [2.45, 2.75) is 26.5 Å². The van der Waals surface area contributed by atoms with E-state index in [4.69, 9.17) is 4.74 Å². The molecule has 1 N–H and O–H groups in total. The predicted molar refractivity (Wildman–Crippen MR) is 84.7 cm³/mol.